The van der Waals surface area contributed by atoms with Crippen LogP contribution in [0, 0.1) is 0 Å². The van der Waals surface area contributed by atoms with Crippen molar-refractivity contribution in [1.82, 2.24) is 10.6 Å². The van der Waals surface area contributed by atoms with Gasteiger partial charge in [0.15, 0.2) is 5.60 Å². The van der Waals surface area contributed by atoms with Crippen LogP contribution in [0.5, 0.6) is 0 Å². The van der Waals surface area contributed by atoms with Gasteiger partial charge in [-0.25, -0.2) is 9.59 Å². The van der Waals surface area contributed by atoms with Gasteiger partial charge in [-0.15, -0.1) is 0 Å². The fraction of sp³-hybridized carbons (Fsp3) is 0.333. The van der Waals surface area contributed by atoms with Crippen molar-refractivity contribution in [2.24, 2.45) is 0 Å². The number of carboxylic acid groups (broad SMARTS) is 1. The molecule has 19 heavy (non-hydrogen) atoms. The van der Waals surface area contributed by atoms with Crippen molar-refractivity contribution in [3.63, 3.8) is 0 Å². The number of carbonyl (C=O) groups excluding carboxylic acids is 1. The van der Waals surface area contributed by atoms with E-state index in [0.717, 1.165) is 17.0 Å². The van der Waals surface area contributed by atoms with Crippen LogP contribution in [0.25, 0.3) is 0 Å². The largest absolute Gasteiger partial charge is 0.479 e. The second kappa shape index (κ2) is 6.53. The van der Waals surface area contributed by atoms with Crippen LogP contribution in [0.3, 0.4) is 0 Å². The summed E-state index contributed by atoms with van der Waals surface area (Å²) in [6.45, 7) is 1.04. The molecule has 1 aromatic rings. The number of halogens is 1. The predicted octanol–water partition coefficient (Wildman–Crippen LogP) is 1.08. The van der Waals surface area contributed by atoms with Crippen molar-refractivity contribution in [3.8, 4) is 0 Å². The first-order valence-electron chi connectivity index (χ1n) is 5.54. The van der Waals surface area contributed by atoms with E-state index in [9.17, 15) is 14.7 Å². The molecule has 0 bridgehead atoms. The molecule has 1 unspecified atom stereocenters. The lowest BCUT2D eigenvalue weighted by Gasteiger charge is -2.18. The molecule has 0 heterocycles. The molecule has 2 amide bonds. The zero-order chi connectivity index (χ0) is 14.5. The number of aliphatic hydroxyl groups is 1. The number of carbonyl (C=O) groups is 2. The number of rotatable bonds is 5. The third-order valence-corrected chi connectivity index (χ3v) is 3.22. The number of nitrogens with one attached hydrogen (secondary N) is 2. The second-order valence-electron chi connectivity index (χ2n) is 4.21. The lowest BCUT2D eigenvalue weighted by atomic mass is 10.1. The van der Waals surface area contributed by atoms with E-state index >= 15 is 0 Å². The summed E-state index contributed by atoms with van der Waals surface area (Å²) in [4.78, 5) is 22.1. The third-order valence-electron chi connectivity index (χ3n) is 2.45. The minimum Gasteiger partial charge on any atom is -0.479 e. The van der Waals surface area contributed by atoms with Gasteiger partial charge in [-0.05, 0) is 18.6 Å². The molecular weight excluding hydrogens is 316 g/mol. The van der Waals surface area contributed by atoms with E-state index in [4.69, 9.17) is 5.11 Å². The zero-order valence-corrected chi connectivity index (χ0v) is 11.9. The highest BCUT2D eigenvalue weighted by Gasteiger charge is 2.30. The normalized spacial score (nSPS) is 13.4. The molecule has 1 aromatic carbocycles. The van der Waals surface area contributed by atoms with Gasteiger partial charge >= 0.3 is 12.0 Å². The lowest BCUT2D eigenvalue weighted by molar-refractivity contribution is -0.155. The maximum atomic E-state index is 11.5. The van der Waals surface area contributed by atoms with E-state index in [1.165, 1.54) is 0 Å². The second-order valence-corrected chi connectivity index (χ2v) is 5.06. The van der Waals surface area contributed by atoms with Gasteiger partial charge in [-0.3, -0.25) is 0 Å². The molecule has 7 heteroatoms. The molecule has 0 radical (unpaired) electrons. The highest BCUT2D eigenvalue weighted by molar-refractivity contribution is 9.10. The fourth-order valence-electron chi connectivity index (χ4n) is 1.21. The predicted molar refractivity (Wildman–Crippen MR) is 72.6 cm³/mol. The number of carboxylic acids is 1. The Balaban J connectivity index is 2.41. The van der Waals surface area contributed by atoms with Crippen molar-refractivity contribution in [2.45, 2.75) is 19.1 Å². The van der Waals surface area contributed by atoms with E-state index in [0.29, 0.717) is 6.54 Å². The zero-order valence-electron chi connectivity index (χ0n) is 10.3. The summed E-state index contributed by atoms with van der Waals surface area (Å²) in [5.41, 5.74) is -1.09. The van der Waals surface area contributed by atoms with Crippen molar-refractivity contribution >= 4 is 27.9 Å². The molecule has 0 spiro atoms. The SMILES string of the molecule is CC(O)(CNC(=O)NCc1ccccc1Br)C(=O)O. The van der Waals surface area contributed by atoms with Crippen LogP contribution >= 0.6 is 15.9 Å². The van der Waals surface area contributed by atoms with Crippen molar-refractivity contribution in [2.75, 3.05) is 6.54 Å². The molecule has 0 aliphatic carbocycles. The van der Waals surface area contributed by atoms with Crippen LogP contribution in [-0.2, 0) is 11.3 Å². The Morgan fingerprint density at radius 1 is 1.32 bits per heavy atom. The number of amides is 2. The number of urea groups is 1. The minimum atomic E-state index is -1.98. The Bertz CT molecular complexity index is 477. The van der Waals surface area contributed by atoms with Crippen LogP contribution in [-0.4, -0.2) is 34.4 Å². The summed E-state index contributed by atoms with van der Waals surface area (Å²) in [7, 11) is 0. The van der Waals surface area contributed by atoms with E-state index in [-0.39, 0.29) is 6.54 Å². The molecule has 0 aliphatic heterocycles. The lowest BCUT2D eigenvalue weighted by Crippen LogP contribution is -2.49. The molecule has 1 atom stereocenters. The Morgan fingerprint density at radius 2 is 1.95 bits per heavy atom. The van der Waals surface area contributed by atoms with Gasteiger partial charge in [0.25, 0.3) is 0 Å². The molecule has 6 nitrogen and oxygen atoms in total. The first-order chi connectivity index (χ1) is 8.83. The molecule has 0 aliphatic rings. The van der Waals surface area contributed by atoms with Gasteiger partial charge in [-0.2, -0.15) is 0 Å². The highest BCUT2D eigenvalue weighted by atomic mass is 79.9. The van der Waals surface area contributed by atoms with Gasteiger partial charge in [0.05, 0.1) is 6.54 Å². The molecule has 1 rings (SSSR count). The summed E-state index contributed by atoms with van der Waals surface area (Å²) < 4.78 is 0.868. The van der Waals surface area contributed by atoms with Crippen LogP contribution in [0.15, 0.2) is 28.7 Å². The Hall–Kier alpha value is -1.60. The summed E-state index contributed by atoms with van der Waals surface area (Å²) in [5, 5.41) is 23.0. The third kappa shape index (κ3) is 4.88. The molecule has 0 saturated heterocycles. The van der Waals surface area contributed by atoms with Gasteiger partial charge < -0.3 is 20.8 Å². The molecule has 104 valence electrons. The number of hydrogen-bond acceptors (Lipinski definition) is 3. The van der Waals surface area contributed by atoms with Gasteiger partial charge in [-0.1, -0.05) is 34.1 Å². The summed E-state index contributed by atoms with van der Waals surface area (Å²) in [6.07, 6.45) is 0. The summed E-state index contributed by atoms with van der Waals surface area (Å²) >= 11 is 3.35. The number of aliphatic carboxylic acids is 1. The molecule has 0 saturated carbocycles. The summed E-state index contributed by atoms with van der Waals surface area (Å²) in [5.74, 6) is -1.39. The summed E-state index contributed by atoms with van der Waals surface area (Å²) in [6, 6.07) is 6.85. The van der Waals surface area contributed by atoms with Crippen molar-refractivity contribution in [1.29, 1.82) is 0 Å². The topological polar surface area (TPSA) is 98.7 Å². The molecule has 4 N–H and O–H groups in total. The average molecular weight is 331 g/mol. The fourth-order valence-corrected chi connectivity index (χ4v) is 1.63. The quantitative estimate of drug-likeness (QED) is 0.649. The highest BCUT2D eigenvalue weighted by Crippen LogP contribution is 2.15. The van der Waals surface area contributed by atoms with Crippen molar-refractivity contribution < 1.29 is 19.8 Å². The van der Waals surface area contributed by atoms with Crippen molar-refractivity contribution in [3.05, 3.63) is 34.3 Å². The monoisotopic (exact) mass is 330 g/mol. The molecule has 0 fully saturated rings. The van der Waals surface area contributed by atoms with E-state index in [1.807, 2.05) is 24.3 Å². The number of benzene rings is 1. The van der Waals surface area contributed by atoms with Crippen LogP contribution in [0.2, 0.25) is 0 Å². The average Bonchev–Trinajstić information content (AvgIpc) is 2.35. The smallest absolute Gasteiger partial charge is 0.337 e. The Kier molecular flexibility index (Phi) is 5.31. The van der Waals surface area contributed by atoms with Gasteiger partial charge in [0, 0.05) is 11.0 Å². The van der Waals surface area contributed by atoms with Crippen LogP contribution < -0.4 is 10.6 Å². The minimum absolute atomic E-state index is 0.294. The van der Waals surface area contributed by atoms with Crippen LogP contribution in [0.1, 0.15) is 12.5 Å². The van der Waals surface area contributed by atoms with E-state index < -0.39 is 17.6 Å². The standard InChI is InChI=1S/C12H15BrN2O4/c1-12(19,10(16)17)7-15-11(18)14-6-8-4-2-3-5-9(8)13/h2-5,19H,6-7H2,1H3,(H,16,17)(H2,14,15,18). The maximum Gasteiger partial charge on any atom is 0.337 e. The molecular formula is C12H15BrN2O4. The first kappa shape index (κ1) is 15.5. The molecule has 0 aromatic heterocycles. The number of hydrogen-bond donors (Lipinski definition) is 4. The van der Waals surface area contributed by atoms with E-state index in [2.05, 4.69) is 26.6 Å². The first-order valence-corrected chi connectivity index (χ1v) is 6.33. The van der Waals surface area contributed by atoms with Gasteiger partial charge in [0.2, 0.25) is 0 Å². The Morgan fingerprint density at radius 3 is 2.53 bits per heavy atom. The maximum absolute atomic E-state index is 11.5. The van der Waals surface area contributed by atoms with Crippen LogP contribution in [0.4, 0.5) is 4.79 Å². The van der Waals surface area contributed by atoms with E-state index in [1.54, 1.807) is 0 Å². The Labute approximate surface area is 118 Å². The van der Waals surface area contributed by atoms with Gasteiger partial charge in [0.1, 0.15) is 0 Å².